The molecule has 7 heteroatoms. The monoisotopic (exact) mass is 455 g/mol. The van der Waals surface area contributed by atoms with Gasteiger partial charge in [-0.3, -0.25) is 14.9 Å². The molecular weight excluding hydrogens is 418 g/mol. The van der Waals surface area contributed by atoms with Crippen LogP contribution in [-0.4, -0.2) is 63.5 Å². The fourth-order valence-corrected chi connectivity index (χ4v) is 6.04. The average Bonchev–Trinajstić information content (AvgIpc) is 3.42. The van der Waals surface area contributed by atoms with E-state index in [1.807, 2.05) is 42.2 Å². The van der Waals surface area contributed by atoms with E-state index in [9.17, 15) is 19.5 Å². The maximum absolute atomic E-state index is 13.5. The van der Waals surface area contributed by atoms with Crippen molar-refractivity contribution in [2.24, 2.45) is 5.92 Å². The number of carbonyl (C=O) groups excluding carboxylic acids is 2. The highest BCUT2D eigenvalue weighted by molar-refractivity contribution is 5.90. The molecule has 0 bridgehead atoms. The molecule has 1 aromatic rings. The zero-order valence-electron chi connectivity index (χ0n) is 19.7. The molecular formula is C26H37N3O4. The van der Waals surface area contributed by atoms with Crippen LogP contribution < -0.4 is 5.32 Å². The first-order valence-corrected chi connectivity index (χ1v) is 12.6. The summed E-state index contributed by atoms with van der Waals surface area (Å²) in [6.07, 6.45) is 8.62. The molecule has 3 aliphatic rings. The zero-order valence-corrected chi connectivity index (χ0v) is 19.7. The Balaban J connectivity index is 1.45. The number of aliphatic carboxylic acids is 1. The Hall–Kier alpha value is -2.41. The lowest BCUT2D eigenvalue weighted by atomic mass is 9.93. The number of piperidine rings is 1. The van der Waals surface area contributed by atoms with Crippen molar-refractivity contribution in [3.8, 4) is 0 Å². The molecule has 2 aliphatic heterocycles. The largest absolute Gasteiger partial charge is 0.480 e. The molecule has 2 amide bonds. The first-order valence-electron chi connectivity index (χ1n) is 12.6. The lowest BCUT2D eigenvalue weighted by Gasteiger charge is -2.46. The van der Waals surface area contributed by atoms with Crippen molar-refractivity contribution in [3.63, 3.8) is 0 Å². The Morgan fingerprint density at radius 1 is 1.15 bits per heavy atom. The summed E-state index contributed by atoms with van der Waals surface area (Å²) in [7, 11) is 0. The summed E-state index contributed by atoms with van der Waals surface area (Å²) in [6.45, 7) is 2.91. The minimum Gasteiger partial charge on any atom is -0.480 e. The van der Waals surface area contributed by atoms with Gasteiger partial charge in [-0.2, -0.15) is 0 Å². The third-order valence-electron chi connectivity index (χ3n) is 7.89. The molecule has 2 unspecified atom stereocenters. The fourth-order valence-electron chi connectivity index (χ4n) is 6.04. The first kappa shape index (κ1) is 23.7. The van der Waals surface area contributed by atoms with Gasteiger partial charge in [0, 0.05) is 32.4 Å². The summed E-state index contributed by atoms with van der Waals surface area (Å²) in [6, 6.07) is 8.50. The molecule has 1 spiro atoms. The van der Waals surface area contributed by atoms with Crippen LogP contribution in [0, 0.1) is 5.92 Å². The Morgan fingerprint density at radius 2 is 1.82 bits per heavy atom. The van der Waals surface area contributed by atoms with Crippen molar-refractivity contribution in [1.82, 2.24) is 15.1 Å². The maximum atomic E-state index is 13.5. The number of nitrogens with zero attached hydrogens (tertiary/aromatic N) is 2. The van der Waals surface area contributed by atoms with Gasteiger partial charge < -0.3 is 14.9 Å². The van der Waals surface area contributed by atoms with E-state index < -0.39 is 23.7 Å². The number of rotatable bonds is 8. The molecule has 0 aromatic heterocycles. The molecule has 2 saturated heterocycles. The highest BCUT2D eigenvalue weighted by atomic mass is 16.4. The van der Waals surface area contributed by atoms with Crippen LogP contribution in [0.25, 0.3) is 0 Å². The number of carbonyl (C=O) groups is 3. The molecule has 180 valence electrons. The van der Waals surface area contributed by atoms with Gasteiger partial charge in [-0.15, -0.1) is 0 Å². The Morgan fingerprint density at radius 3 is 2.42 bits per heavy atom. The predicted octanol–water partition coefficient (Wildman–Crippen LogP) is 3.18. The van der Waals surface area contributed by atoms with Crippen LogP contribution in [0.3, 0.4) is 0 Å². The fraction of sp³-hybridized carbons (Fsp3) is 0.654. The van der Waals surface area contributed by atoms with Gasteiger partial charge >= 0.3 is 5.97 Å². The molecule has 33 heavy (non-hydrogen) atoms. The third-order valence-corrected chi connectivity index (χ3v) is 7.89. The summed E-state index contributed by atoms with van der Waals surface area (Å²) < 4.78 is 0. The van der Waals surface area contributed by atoms with Crippen LogP contribution in [0.4, 0.5) is 0 Å². The van der Waals surface area contributed by atoms with Gasteiger partial charge in [0.2, 0.25) is 11.8 Å². The molecule has 0 radical (unpaired) electrons. The van der Waals surface area contributed by atoms with Gasteiger partial charge in [-0.25, -0.2) is 4.79 Å². The van der Waals surface area contributed by atoms with Crippen LogP contribution in [0.2, 0.25) is 0 Å². The van der Waals surface area contributed by atoms with E-state index >= 15 is 0 Å². The van der Waals surface area contributed by atoms with Crippen molar-refractivity contribution < 1.29 is 19.5 Å². The molecule has 1 saturated carbocycles. The molecule has 2 atom stereocenters. The molecule has 1 aliphatic carbocycles. The zero-order chi connectivity index (χ0) is 23.4. The van der Waals surface area contributed by atoms with Gasteiger partial charge in [-0.1, -0.05) is 62.9 Å². The Bertz CT molecular complexity index is 844. The number of nitrogens with one attached hydrogen (secondary N) is 1. The number of carboxylic acid groups (broad SMARTS) is 1. The highest BCUT2D eigenvalue weighted by Gasteiger charge is 2.55. The molecule has 2 N–H and O–H groups in total. The summed E-state index contributed by atoms with van der Waals surface area (Å²) in [4.78, 5) is 41.9. The quantitative estimate of drug-likeness (QED) is 0.628. The molecule has 3 fully saturated rings. The van der Waals surface area contributed by atoms with Crippen LogP contribution >= 0.6 is 0 Å². The Kier molecular flexibility index (Phi) is 7.37. The molecule has 7 nitrogen and oxygen atoms in total. The van der Waals surface area contributed by atoms with Crippen molar-refractivity contribution in [1.29, 1.82) is 0 Å². The smallest absolute Gasteiger partial charge is 0.326 e. The number of likely N-dealkylation sites (tertiary alicyclic amines) is 1. The number of benzene rings is 1. The minimum atomic E-state index is -0.970. The van der Waals surface area contributed by atoms with Crippen LogP contribution in [0.1, 0.15) is 70.3 Å². The second-order valence-corrected chi connectivity index (χ2v) is 9.96. The second kappa shape index (κ2) is 10.2. The Labute approximate surface area is 196 Å². The molecule has 4 rings (SSSR count). The van der Waals surface area contributed by atoms with Crippen molar-refractivity contribution in [3.05, 3.63) is 35.9 Å². The average molecular weight is 456 g/mol. The predicted molar refractivity (Wildman–Crippen MR) is 125 cm³/mol. The number of carboxylic acids is 1. The lowest BCUT2D eigenvalue weighted by molar-refractivity contribution is -0.155. The number of amides is 2. The SMILES string of the molecule is CCC(C(=O)O)N1C(=O)C(Cc2ccccc2)NC12CCN(C(=O)CCC1CCCC1)CC2. The van der Waals surface area contributed by atoms with Gasteiger partial charge in [0.15, 0.2) is 0 Å². The van der Waals surface area contributed by atoms with Gasteiger partial charge in [0.25, 0.3) is 0 Å². The third kappa shape index (κ3) is 5.08. The summed E-state index contributed by atoms with van der Waals surface area (Å²) in [5.74, 6) is -0.232. The van der Waals surface area contributed by atoms with Gasteiger partial charge in [0.05, 0.1) is 11.7 Å². The van der Waals surface area contributed by atoms with Crippen LogP contribution in [-0.2, 0) is 20.8 Å². The molecule has 2 heterocycles. The second-order valence-electron chi connectivity index (χ2n) is 9.96. The lowest BCUT2D eigenvalue weighted by Crippen LogP contribution is -2.63. The topological polar surface area (TPSA) is 89.9 Å². The summed E-state index contributed by atoms with van der Waals surface area (Å²) in [5.41, 5.74) is 0.334. The van der Waals surface area contributed by atoms with Crippen molar-refractivity contribution in [2.45, 2.75) is 88.9 Å². The van der Waals surface area contributed by atoms with E-state index in [0.717, 1.165) is 12.0 Å². The van der Waals surface area contributed by atoms with E-state index in [2.05, 4.69) is 5.32 Å². The highest BCUT2D eigenvalue weighted by Crippen LogP contribution is 2.36. The number of hydrogen-bond donors (Lipinski definition) is 2. The van der Waals surface area contributed by atoms with E-state index in [0.29, 0.717) is 51.1 Å². The minimum absolute atomic E-state index is 0.144. The maximum Gasteiger partial charge on any atom is 0.326 e. The van der Waals surface area contributed by atoms with Gasteiger partial charge in [0.1, 0.15) is 6.04 Å². The summed E-state index contributed by atoms with van der Waals surface area (Å²) >= 11 is 0. The van der Waals surface area contributed by atoms with Crippen LogP contribution in [0.15, 0.2) is 30.3 Å². The molecule has 1 aromatic carbocycles. The summed E-state index contributed by atoms with van der Waals surface area (Å²) in [5, 5.41) is 13.4. The van der Waals surface area contributed by atoms with E-state index in [1.165, 1.54) is 25.7 Å². The van der Waals surface area contributed by atoms with Crippen molar-refractivity contribution in [2.75, 3.05) is 13.1 Å². The van der Waals surface area contributed by atoms with Crippen molar-refractivity contribution >= 4 is 17.8 Å². The van der Waals surface area contributed by atoms with E-state index in [-0.39, 0.29) is 11.8 Å². The van der Waals surface area contributed by atoms with E-state index in [1.54, 1.807) is 4.90 Å². The van der Waals surface area contributed by atoms with Crippen LogP contribution in [0.5, 0.6) is 0 Å². The normalized spacial score (nSPS) is 23.9. The first-order chi connectivity index (χ1) is 15.9. The van der Waals surface area contributed by atoms with Gasteiger partial charge in [-0.05, 0) is 30.7 Å². The van der Waals surface area contributed by atoms with E-state index in [4.69, 9.17) is 0 Å². The number of hydrogen-bond acceptors (Lipinski definition) is 4. The standard InChI is InChI=1S/C26H37N3O4/c1-2-22(25(32)33)29-24(31)21(18-20-10-4-3-5-11-20)27-26(29)14-16-28(17-15-26)23(30)13-12-19-8-6-7-9-19/h3-5,10-11,19,21-22,27H,2,6-9,12-18H2,1H3,(H,32,33).